The fraction of sp³-hybridized carbons (Fsp3) is 0.625. The molecule has 0 aromatic carbocycles. The lowest BCUT2D eigenvalue weighted by Crippen LogP contribution is -2.55. The Bertz CT molecular complexity index is 505. The summed E-state index contributed by atoms with van der Waals surface area (Å²) in [4.78, 5) is 19.1. The van der Waals surface area contributed by atoms with Crippen LogP contribution in [0.2, 0.25) is 0 Å². The summed E-state index contributed by atoms with van der Waals surface area (Å²) in [7, 11) is 4.04. The number of nitrogens with zero attached hydrogens (tertiary/aromatic N) is 2. The second-order valence-electron chi connectivity index (χ2n) is 6.23. The van der Waals surface area contributed by atoms with Gasteiger partial charge in [0, 0.05) is 36.9 Å². The van der Waals surface area contributed by atoms with E-state index in [0.717, 1.165) is 18.7 Å². The van der Waals surface area contributed by atoms with E-state index in [4.69, 9.17) is 0 Å². The van der Waals surface area contributed by atoms with Crippen molar-refractivity contribution in [1.29, 1.82) is 0 Å². The lowest BCUT2D eigenvalue weighted by Gasteiger charge is -2.47. The number of nitrogens with one attached hydrogen (secondary N) is 2. The third-order valence-corrected chi connectivity index (χ3v) is 4.95. The van der Waals surface area contributed by atoms with Crippen LogP contribution in [0.25, 0.3) is 0 Å². The van der Waals surface area contributed by atoms with Crippen LogP contribution >= 0.6 is 0 Å². The number of anilines is 1. The van der Waals surface area contributed by atoms with Gasteiger partial charge in [0.25, 0.3) is 5.91 Å². The van der Waals surface area contributed by atoms with E-state index in [9.17, 15) is 4.79 Å². The molecule has 2 atom stereocenters. The van der Waals surface area contributed by atoms with E-state index in [-0.39, 0.29) is 5.91 Å². The van der Waals surface area contributed by atoms with Crippen molar-refractivity contribution in [3.8, 4) is 0 Å². The number of aromatic nitrogens is 1. The number of fused-ring (bicyclic) bond motifs is 2. The first-order valence-electron chi connectivity index (χ1n) is 7.84. The fourth-order valence-electron chi connectivity index (χ4n) is 3.71. The van der Waals surface area contributed by atoms with Crippen LogP contribution in [0.5, 0.6) is 0 Å². The van der Waals surface area contributed by atoms with Gasteiger partial charge >= 0.3 is 0 Å². The molecule has 1 aromatic rings. The molecule has 5 nitrogen and oxygen atoms in total. The molecular weight excluding hydrogens is 264 g/mol. The topological polar surface area (TPSA) is 57.3 Å². The van der Waals surface area contributed by atoms with Gasteiger partial charge < -0.3 is 15.5 Å². The van der Waals surface area contributed by atoms with Crippen LogP contribution in [0.1, 0.15) is 42.5 Å². The van der Waals surface area contributed by atoms with E-state index in [1.165, 1.54) is 19.3 Å². The Kier molecular flexibility index (Phi) is 4.10. The molecule has 2 fully saturated rings. The predicted octanol–water partition coefficient (Wildman–Crippen LogP) is 1.87. The van der Waals surface area contributed by atoms with Gasteiger partial charge in [-0.2, -0.15) is 0 Å². The van der Waals surface area contributed by atoms with Crippen molar-refractivity contribution >= 4 is 11.7 Å². The summed E-state index contributed by atoms with van der Waals surface area (Å²) in [6, 6.07) is 5.13. The number of hydrogen-bond donors (Lipinski definition) is 2. The summed E-state index contributed by atoms with van der Waals surface area (Å²) in [6.45, 7) is 0. The Balaban J connectivity index is 1.65. The first-order chi connectivity index (χ1) is 10.2. The zero-order valence-electron chi connectivity index (χ0n) is 12.8. The highest BCUT2D eigenvalue weighted by Crippen LogP contribution is 2.32. The second kappa shape index (κ2) is 6.02. The van der Waals surface area contributed by atoms with Crippen LogP contribution in [0, 0.1) is 0 Å². The second-order valence-corrected chi connectivity index (χ2v) is 6.23. The predicted molar refractivity (Wildman–Crippen MR) is 83.5 cm³/mol. The van der Waals surface area contributed by atoms with Crippen molar-refractivity contribution < 1.29 is 4.79 Å². The maximum atomic E-state index is 12.4. The van der Waals surface area contributed by atoms with E-state index < -0.39 is 0 Å². The van der Waals surface area contributed by atoms with Crippen molar-refractivity contribution in [2.45, 2.75) is 50.2 Å². The van der Waals surface area contributed by atoms with Crippen molar-refractivity contribution in [3.63, 3.8) is 0 Å². The number of carbonyl (C=O) groups excluding carboxylic acids is 1. The molecule has 2 unspecified atom stereocenters. The van der Waals surface area contributed by atoms with Gasteiger partial charge in [0.05, 0.1) is 0 Å². The lowest BCUT2D eigenvalue weighted by atomic mass is 9.82. The number of hydrogen-bond acceptors (Lipinski definition) is 4. The molecule has 114 valence electrons. The molecule has 2 saturated heterocycles. The molecule has 21 heavy (non-hydrogen) atoms. The minimum absolute atomic E-state index is 0.0153. The van der Waals surface area contributed by atoms with Crippen molar-refractivity contribution in [1.82, 2.24) is 15.2 Å². The Morgan fingerprint density at radius 2 is 2.05 bits per heavy atom. The van der Waals surface area contributed by atoms with Gasteiger partial charge in [-0.1, -0.05) is 6.42 Å². The van der Waals surface area contributed by atoms with Crippen molar-refractivity contribution in [3.05, 3.63) is 23.9 Å². The normalized spacial score (nSPS) is 29.0. The van der Waals surface area contributed by atoms with Gasteiger partial charge in [-0.3, -0.25) is 4.79 Å². The molecule has 2 aliphatic rings. The van der Waals surface area contributed by atoms with Crippen LogP contribution in [0.4, 0.5) is 5.82 Å². The van der Waals surface area contributed by atoms with E-state index in [0.29, 0.717) is 23.7 Å². The third-order valence-electron chi connectivity index (χ3n) is 4.95. The molecule has 2 bridgehead atoms. The van der Waals surface area contributed by atoms with Crippen LogP contribution in [0.15, 0.2) is 18.3 Å². The smallest absolute Gasteiger partial charge is 0.251 e. The molecule has 1 amide bonds. The average Bonchev–Trinajstić information content (AvgIpc) is 2.48. The monoisotopic (exact) mass is 288 g/mol. The van der Waals surface area contributed by atoms with Gasteiger partial charge in [-0.05, 0) is 44.9 Å². The number of rotatable bonds is 3. The first-order valence-corrected chi connectivity index (χ1v) is 7.84. The number of carbonyl (C=O) groups is 1. The molecule has 0 radical (unpaired) electrons. The Hall–Kier alpha value is -1.62. The highest BCUT2D eigenvalue weighted by atomic mass is 16.1. The van der Waals surface area contributed by atoms with Crippen LogP contribution < -0.4 is 10.6 Å². The number of amides is 1. The zero-order chi connectivity index (χ0) is 14.8. The molecule has 0 saturated carbocycles. The number of piperidine rings is 2. The highest BCUT2D eigenvalue weighted by Gasteiger charge is 2.36. The average molecular weight is 288 g/mol. The molecule has 3 rings (SSSR count). The van der Waals surface area contributed by atoms with E-state index in [1.54, 1.807) is 18.3 Å². The Morgan fingerprint density at radius 1 is 1.33 bits per heavy atom. The van der Waals surface area contributed by atoms with Gasteiger partial charge in [0.15, 0.2) is 0 Å². The number of pyridine rings is 1. The van der Waals surface area contributed by atoms with Crippen LogP contribution in [0.3, 0.4) is 0 Å². The fourth-order valence-corrected chi connectivity index (χ4v) is 3.71. The standard InChI is InChI=1S/C16H24N4O/c1-17-15-8-11(6-7-18-15)16(21)19-12-9-13-4-3-5-14(10-12)20(13)2/h6-8,12-14H,3-5,9-10H2,1-2H3,(H,17,18)(H,19,21). The van der Waals surface area contributed by atoms with Crippen LogP contribution in [-0.2, 0) is 0 Å². The minimum atomic E-state index is 0.0153. The van der Waals surface area contributed by atoms with Gasteiger partial charge in [0.1, 0.15) is 5.82 Å². The molecule has 1 aromatic heterocycles. The maximum Gasteiger partial charge on any atom is 0.251 e. The van der Waals surface area contributed by atoms with E-state index >= 15 is 0 Å². The van der Waals surface area contributed by atoms with Gasteiger partial charge in [-0.25, -0.2) is 4.98 Å². The van der Waals surface area contributed by atoms with E-state index in [2.05, 4.69) is 27.6 Å². The minimum Gasteiger partial charge on any atom is -0.373 e. The summed E-state index contributed by atoms with van der Waals surface area (Å²) in [5.74, 6) is 0.740. The summed E-state index contributed by atoms with van der Waals surface area (Å²) in [6.07, 6.45) is 7.67. The lowest BCUT2D eigenvalue weighted by molar-refractivity contribution is 0.0463. The van der Waals surface area contributed by atoms with Gasteiger partial charge in [0.2, 0.25) is 0 Å². The molecular formula is C16H24N4O. The largest absolute Gasteiger partial charge is 0.373 e. The first kappa shape index (κ1) is 14.3. The summed E-state index contributed by atoms with van der Waals surface area (Å²) >= 11 is 0. The van der Waals surface area contributed by atoms with Crippen molar-refractivity contribution in [2.75, 3.05) is 19.4 Å². The third kappa shape index (κ3) is 3.02. The van der Waals surface area contributed by atoms with Crippen LogP contribution in [-0.4, -0.2) is 48.0 Å². The quantitative estimate of drug-likeness (QED) is 0.891. The maximum absolute atomic E-state index is 12.4. The SMILES string of the molecule is CNc1cc(C(=O)NC2CC3CCCC(C2)N3C)ccn1. The highest BCUT2D eigenvalue weighted by molar-refractivity contribution is 5.95. The summed E-state index contributed by atoms with van der Waals surface area (Å²) < 4.78 is 0. The molecule has 0 spiro atoms. The molecule has 2 N–H and O–H groups in total. The molecule has 2 aliphatic heterocycles. The molecule has 0 aliphatic carbocycles. The Labute approximate surface area is 126 Å². The zero-order valence-corrected chi connectivity index (χ0v) is 12.8. The summed E-state index contributed by atoms with van der Waals surface area (Å²) in [5, 5.41) is 6.18. The van der Waals surface area contributed by atoms with Crippen molar-refractivity contribution in [2.24, 2.45) is 0 Å². The summed E-state index contributed by atoms with van der Waals surface area (Å²) in [5.41, 5.74) is 0.679. The van der Waals surface area contributed by atoms with Gasteiger partial charge in [-0.15, -0.1) is 0 Å². The molecule has 5 heteroatoms. The van der Waals surface area contributed by atoms with E-state index in [1.807, 2.05) is 7.05 Å². The Morgan fingerprint density at radius 3 is 2.71 bits per heavy atom. The molecule has 3 heterocycles.